The maximum Gasteiger partial charge on any atom is 0.326 e. The lowest BCUT2D eigenvalue weighted by molar-refractivity contribution is -0.149. The van der Waals surface area contributed by atoms with E-state index < -0.39 is 47.9 Å². The Morgan fingerprint density at radius 2 is 1.80 bits per heavy atom. The summed E-state index contributed by atoms with van der Waals surface area (Å²) in [7, 11) is 0. The number of rotatable bonds is 15. The number of carboxylic acids is 1. The number of aliphatic imine (C=N–C) groups is 1. The molecule has 1 heterocycles. The Morgan fingerprint density at radius 1 is 1.14 bits per heavy atom. The fraction of sp³-hybridized carbons (Fsp3) is 0.773. The van der Waals surface area contributed by atoms with Crippen LogP contribution in [0.3, 0.4) is 0 Å². The van der Waals surface area contributed by atoms with Gasteiger partial charge in [-0.25, -0.2) is 4.79 Å². The van der Waals surface area contributed by atoms with Crippen molar-refractivity contribution in [2.24, 2.45) is 28.1 Å². The molecule has 5 unspecified atom stereocenters. The van der Waals surface area contributed by atoms with E-state index in [0.717, 1.165) is 0 Å². The molecule has 0 aromatic carbocycles. The normalized spacial score (nSPS) is 18.7. The molecule has 12 nitrogen and oxygen atoms in total. The summed E-state index contributed by atoms with van der Waals surface area (Å²) in [4.78, 5) is 55.9. The third kappa shape index (κ3) is 9.92. The zero-order valence-corrected chi connectivity index (χ0v) is 21.7. The Kier molecular flexibility index (Phi) is 13.5. The summed E-state index contributed by atoms with van der Waals surface area (Å²) in [6.45, 7) is 4.36. The molecule has 0 aromatic rings. The molecule has 200 valence electrons. The molecule has 0 aliphatic carbocycles. The molecule has 13 heteroatoms. The smallest absolute Gasteiger partial charge is 0.326 e. The van der Waals surface area contributed by atoms with Crippen LogP contribution < -0.4 is 27.8 Å². The van der Waals surface area contributed by atoms with Crippen LogP contribution in [-0.4, -0.2) is 88.9 Å². The van der Waals surface area contributed by atoms with Gasteiger partial charge >= 0.3 is 5.97 Å². The highest BCUT2D eigenvalue weighted by Crippen LogP contribution is 2.20. The first-order chi connectivity index (χ1) is 16.5. The van der Waals surface area contributed by atoms with Gasteiger partial charge in [0.2, 0.25) is 17.7 Å². The van der Waals surface area contributed by atoms with Crippen LogP contribution in [0.1, 0.15) is 52.4 Å². The van der Waals surface area contributed by atoms with Crippen LogP contribution in [0, 0.1) is 5.92 Å². The Balaban J connectivity index is 3.02. The van der Waals surface area contributed by atoms with E-state index >= 15 is 0 Å². The summed E-state index contributed by atoms with van der Waals surface area (Å²) in [5.74, 6) is -2.06. The van der Waals surface area contributed by atoms with Crippen LogP contribution in [0.4, 0.5) is 0 Å². The molecule has 0 aromatic heterocycles. The van der Waals surface area contributed by atoms with Crippen molar-refractivity contribution >= 4 is 41.4 Å². The van der Waals surface area contributed by atoms with Gasteiger partial charge in [-0.1, -0.05) is 20.3 Å². The topological polar surface area (TPSA) is 206 Å². The van der Waals surface area contributed by atoms with E-state index in [4.69, 9.17) is 17.2 Å². The molecular formula is C22H41N7O5S. The number of amides is 3. The molecule has 1 saturated heterocycles. The number of likely N-dealkylation sites (tertiary alicyclic amines) is 1. The van der Waals surface area contributed by atoms with Gasteiger partial charge in [-0.2, -0.15) is 11.8 Å². The standard InChI is InChI=1S/C22H41N7O5S/c1-4-13(2)17(23)19(31)27-14(7-5-10-26-22(24)25)18(30)28-15(9-12-35-3)20(32)29-11-6-8-16(29)21(33)34/h13-17H,4-12,23H2,1-3H3,(H,27,31)(H,28,30)(H,33,34)(H4,24,25,26). The third-order valence-corrected chi connectivity index (χ3v) is 6.83. The highest BCUT2D eigenvalue weighted by molar-refractivity contribution is 7.98. The number of thioether (sulfide) groups is 1. The Morgan fingerprint density at radius 3 is 2.37 bits per heavy atom. The first kappa shape index (κ1) is 30.5. The van der Waals surface area contributed by atoms with Crippen molar-refractivity contribution in [2.45, 2.75) is 76.5 Å². The van der Waals surface area contributed by atoms with Gasteiger partial charge in [0.15, 0.2) is 5.96 Å². The monoisotopic (exact) mass is 515 g/mol. The molecule has 1 fully saturated rings. The molecule has 0 spiro atoms. The summed E-state index contributed by atoms with van der Waals surface area (Å²) in [5, 5.41) is 14.9. The van der Waals surface area contributed by atoms with Gasteiger partial charge in [0.05, 0.1) is 6.04 Å². The first-order valence-corrected chi connectivity index (χ1v) is 13.4. The van der Waals surface area contributed by atoms with Gasteiger partial charge in [-0.05, 0) is 50.0 Å². The molecule has 0 saturated carbocycles. The largest absolute Gasteiger partial charge is 0.480 e. The van der Waals surface area contributed by atoms with E-state index in [0.29, 0.717) is 44.4 Å². The molecule has 9 N–H and O–H groups in total. The van der Waals surface area contributed by atoms with Crippen molar-refractivity contribution < 1.29 is 24.3 Å². The number of nitrogens with zero attached hydrogens (tertiary/aromatic N) is 2. The van der Waals surface area contributed by atoms with Gasteiger partial charge in [-0.3, -0.25) is 19.4 Å². The summed E-state index contributed by atoms with van der Waals surface area (Å²) in [5.41, 5.74) is 16.7. The molecular weight excluding hydrogens is 474 g/mol. The van der Waals surface area contributed by atoms with Crippen LogP contribution in [-0.2, 0) is 19.2 Å². The lowest BCUT2D eigenvalue weighted by atomic mass is 9.98. The fourth-order valence-electron chi connectivity index (χ4n) is 3.81. The second kappa shape index (κ2) is 15.5. The quantitative estimate of drug-likeness (QED) is 0.0916. The third-order valence-electron chi connectivity index (χ3n) is 6.18. The van der Waals surface area contributed by atoms with Crippen molar-refractivity contribution in [1.82, 2.24) is 15.5 Å². The van der Waals surface area contributed by atoms with Crippen molar-refractivity contribution in [3.63, 3.8) is 0 Å². The fourth-order valence-corrected chi connectivity index (χ4v) is 4.28. The molecule has 5 atom stereocenters. The zero-order chi connectivity index (χ0) is 26.5. The highest BCUT2D eigenvalue weighted by atomic mass is 32.2. The number of hydrogen-bond donors (Lipinski definition) is 6. The molecule has 35 heavy (non-hydrogen) atoms. The Labute approximate surface area is 211 Å². The predicted molar refractivity (Wildman–Crippen MR) is 137 cm³/mol. The number of carboxylic acid groups (broad SMARTS) is 1. The van der Waals surface area contributed by atoms with E-state index in [1.54, 1.807) is 0 Å². The van der Waals surface area contributed by atoms with Crippen molar-refractivity contribution in [3.05, 3.63) is 0 Å². The summed E-state index contributed by atoms with van der Waals surface area (Å²) in [6, 6.07) is -3.55. The number of nitrogens with two attached hydrogens (primary N) is 3. The minimum atomic E-state index is -1.06. The first-order valence-electron chi connectivity index (χ1n) is 12.0. The summed E-state index contributed by atoms with van der Waals surface area (Å²) >= 11 is 1.51. The average molecular weight is 516 g/mol. The zero-order valence-electron chi connectivity index (χ0n) is 20.9. The Hall–Kier alpha value is -2.54. The van der Waals surface area contributed by atoms with E-state index in [9.17, 15) is 24.3 Å². The lowest BCUT2D eigenvalue weighted by Crippen LogP contribution is -2.57. The molecule has 1 aliphatic heterocycles. The van der Waals surface area contributed by atoms with E-state index in [-0.39, 0.29) is 24.8 Å². The van der Waals surface area contributed by atoms with Crippen LogP contribution in [0.25, 0.3) is 0 Å². The van der Waals surface area contributed by atoms with Crippen molar-refractivity contribution in [3.8, 4) is 0 Å². The Bertz CT molecular complexity index is 762. The molecule has 1 rings (SSSR count). The average Bonchev–Trinajstić information content (AvgIpc) is 3.32. The maximum absolute atomic E-state index is 13.2. The van der Waals surface area contributed by atoms with Gasteiger partial charge in [0.1, 0.15) is 18.1 Å². The van der Waals surface area contributed by atoms with E-state index in [2.05, 4.69) is 15.6 Å². The molecule has 3 amide bonds. The predicted octanol–water partition coefficient (Wildman–Crippen LogP) is -0.788. The number of aliphatic carboxylic acids is 1. The van der Waals surface area contributed by atoms with Crippen LogP contribution in [0.5, 0.6) is 0 Å². The number of carbonyl (C=O) groups is 4. The van der Waals surface area contributed by atoms with Gasteiger partial charge in [0, 0.05) is 13.1 Å². The van der Waals surface area contributed by atoms with Gasteiger partial charge in [-0.15, -0.1) is 0 Å². The SMILES string of the molecule is CCC(C)C(N)C(=O)NC(CCCN=C(N)N)C(=O)NC(CCSC)C(=O)N1CCCC1C(=O)O. The van der Waals surface area contributed by atoms with Gasteiger partial charge < -0.3 is 37.8 Å². The lowest BCUT2D eigenvalue weighted by Gasteiger charge is -2.29. The number of carbonyl (C=O) groups excluding carboxylic acids is 3. The number of nitrogens with one attached hydrogen (secondary N) is 2. The molecule has 1 aliphatic rings. The van der Waals surface area contributed by atoms with Crippen LogP contribution >= 0.6 is 11.8 Å². The summed E-state index contributed by atoms with van der Waals surface area (Å²) < 4.78 is 0. The molecule has 0 bridgehead atoms. The van der Waals surface area contributed by atoms with Crippen molar-refractivity contribution in [1.29, 1.82) is 0 Å². The highest BCUT2D eigenvalue weighted by Gasteiger charge is 2.38. The van der Waals surface area contributed by atoms with Crippen molar-refractivity contribution in [2.75, 3.05) is 25.1 Å². The van der Waals surface area contributed by atoms with E-state index in [1.165, 1.54) is 16.7 Å². The van der Waals surface area contributed by atoms with Crippen LogP contribution in [0.15, 0.2) is 4.99 Å². The number of hydrogen-bond acceptors (Lipinski definition) is 7. The second-order valence-electron chi connectivity index (χ2n) is 8.79. The summed E-state index contributed by atoms with van der Waals surface area (Å²) in [6.07, 6.45) is 4.50. The minimum absolute atomic E-state index is 0.0739. The minimum Gasteiger partial charge on any atom is -0.480 e. The van der Waals surface area contributed by atoms with Gasteiger partial charge in [0.25, 0.3) is 0 Å². The van der Waals surface area contributed by atoms with Crippen LogP contribution in [0.2, 0.25) is 0 Å². The molecule has 0 radical (unpaired) electrons. The number of guanidine groups is 1. The van der Waals surface area contributed by atoms with E-state index in [1.807, 2.05) is 20.1 Å². The maximum atomic E-state index is 13.2. The second-order valence-corrected chi connectivity index (χ2v) is 9.78.